The standard InChI is InChI=1S/C23H21N5O3/c1-2-3-5-16-8-11-19(12-9-16)27-25-21-13-10-18(15-22(21)26-27)24-23(29)17-6-4-7-20(14-17)28(30)31/h4,6-15H,2-3,5H2,1H3,(H,24,29). The van der Waals surface area contributed by atoms with Gasteiger partial charge in [-0.3, -0.25) is 14.9 Å². The minimum atomic E-state index is -0.530. The molecule has 31 heavy (non-hydrogen) atoms. The number of nitro groups is 1. The molecule has 0 saturated carbocycles. The molecule has 4 rings (SSSR count). The van der Waals surface area contributed by atoms with Crippen LogP contribution in [0.2, 0.25) is 0 Å². The molecule has 3 aromatic carbocycles. The van der Waals surface area contributed by atoms with Gasteiger partial charge in [-0.2, -0.15) is 4.80 Å². The molecular weight excluding hydrogens is 394 g/mol. The van der Waals surface area contributed by atoms with Crippen LogP contribution in [-0.2, 0) is 6.42 Å². The van der Waals surface area contributed by atoms with E-state index in [0.29, 0.717) is 16.7 Å². The fourth-order valence-corrected chi connectivity index (χ4v) is 3.25. The lowest BCUT2D eigenvalue weighted by Crippen LogP contribution is -2.12. The third-order valence-corrected chi connectivity index (χ3v) is 4.94. The van der Waals surface area contributed by atoms with Crippen LogP contribution in [0.3, 0.4) is 0 Å². The summed E-state index contributed by atoms with van der Waals surface area (Å²) in [6, 6.07) is 19.0. The Labute approximate surface area is 178 Å². The van der Waals surface area contributed by atoms with Gasteiger partial charge in [0.2, 0.25) is 0 Å². The minimum Gasteiger partial charge on any atom is -0.322 e. The molecule has 8 heteroatoms. The van der Waals surface area contributed by atoms with Gasteiger partial charge in [0.05, 0.1) is 10.6 Å². The molecule has 1 aromatic heterocycles. The van der Waals surface area contributed by atoms with Crippen LogP contribution in [0.25, 0.3) is 16.7 Å². The lowest BCUT2D eigenvalue weighted by atomic mass is 10.1. The van der Waals surface area contributed by atoms with E-state index in [1.807, 2.05) is 12.1 Å². The zero-order valence-electron chi connectivity index (χ0n) is 17.0. The van der Waals surface area contributed by atoms with Crippen LogP contribution in [0, 0.1) is 10.1 Å². The van der Waals surface area contributed by atoms with Crippen LogP contribution in [0.1, 0.15) is 35.7 Å². The second-order valence-electron chi connectivity index (χ2n) is 7.22. The van der Waals surface area contributed by atoms with Crippen molar-refractivity contribution in [1.29, 1.82) is 0 Å². The highest BCUT2D eigenvalue weighted by Crippen LogP contribution is 2.20. The first-order valence-electron chi connectivity index (χ1n) is 10.1. The Morgan fingerprint density at radius 1 is 1.03 bits per heavy atom. The maximum atomic E-state index is 12.5. The number of nitrogens with zero attached hydrogens (tertiary/aromatic N) is 4. The predicted octanol–water partition coefficient (Wildman–Crippen LogP) is 4.92. The Morgan fingerprint density at radius 2 is 1.81 bits per heavy atom. The second kappa shape index (κ2) is 8.74. The largest absolute Gasteiger partial charge is 0.322 e. The summed E-state index contributed by atoms with van der Waals surface area (Å²) in [6.45, 7) is 2.17. The van der Waals surface area contributed by atoms with Gasteiger partial charge in [0, 0.05) is 23.4 Å². The van der Waals surface area contributed by atoms with E-state index in [-0.39, 0.29) is 11.3 Å². The predicted molar refractivity (Wildman–Crippen MR) is 119 cm³/mol. The van der Waals surface area contributed by atoms with Gasteiger partial charge in [-0.15, -0.1) is 10.2 Å². The summed E-state index contributed by atoms with van der Waals surface area (Å²) in [5.74, 6) is -0.432. The third-order valence-electron chi connectivity index (χ3n) is 4.94. The van der Waals surface area contributed by atoms with Gasteiger partial charge in [0.1, 0.15) is 11.0 Å². The highest BCUT2D eigenvalue weighted by molar-refractivity contribution is 6.05. The Balaban J connectivity index is 1.53. The van der Waals surface area contributed by atoms with E-state index in [1.54, 1.807) is 23.0 Å². The van der Waals surface area contributed by atoms with Crippen molar-refractivity contribution in [2.24, 2.45) is 0 Å². The van der Waals surface area contributed by atoms with Gasteiger partial charge in [-0.1, -0.05) is 31.5 Å². The van der Waals surface area contributed by atoms with Gasteiger partial charge in [-0.05, 0) is 54.8 Å². The number of non-ortho nitro benzene ring substituents is 1. The molecule has 1 heterocycles. The molecule has 0 spiro atoms. The summed E-state index contributed by atoms with van der Waals surface area (Å²) in [6.07, 6.45) is 3.38. The van der Waals surface area contributed by atoms with Crippen molar-refractivity contribution in [2.45, 2.75) is 26.2 Å². The quantitative estimate of drug-likeness (QED) is 0.341. The number of nitro benzene ring substituents is 1. The van der Waals surface area contributed by atoms with Crippen molar-refractivity contribution in [1.82, 2.24) is 15.0 Å². The van der Waals surface area contributed by atoms with E-state index in [9.17, 15) is 14.9 Å². The van der Waals surface area contributed by atoms with Gasteiger partial charge in [0.15, 0.2) is 0 Å². The highest BCUT2D eigenvalue weighted by atomic mass is 16.6. The van der Waals surface area contributed by atoms with Crippen molar-refractivity contribution < 1.29 is 9.72 Å². The van der Waals surface area contributed by atoms with Crippen LogP contribution >= 0.6 is 0 Å². The zero-order chi connectivity index (χ0) is 21.8. The van der Waals surface area contributed by atoms with Crippen LogP contribution in [-0.4, -0.2) is 25.8 Å². The number of amides is 1. The van der Waals surface area contributed by atoms with Crippen molar-refractivity contribution in [3.63, 3.8) is 0 Å². The highest BCUT2D eigenvalue weighted by Gasteiger charge is 2.13. The number of rotatable bonds is 7. The molecule has 0 saturated heterocycles. The minimum absolute atomic E-state index is 0.133. The summed E-state index contributed by atoms with van der Waals surface area (Å²) in [5.41, 5.74) is 4.08. The number of carbonyl (C=O) groups excluding carboxylic acids is 1. The monoisotopic (exact) mass is 415 g/mol. The van der Waals surface area contributed by atoms with Crippen LogP contribution in [0.5, 0.6) is 0 Å². The van der Waals surface area contributed by atoms with E-state index >= 15 is 0 Å². The third kappa shape index (κ3) is 4.58. The Kier molecular flexibility index (Phi) is 5.70. The van der Waals surface area contributed by atoms with Crippen LogP contribution < -0.4 is 5.32 Å². The molecule has 0 aliphatic carbocycles. The average Bonchev–Trinajstić information content (AvgIpc) is 3.21. The number of fused-ring (bicyclic) bond motifs is 1. The number of hydrogen-bond donors (Lipinski definition) is 1. The molecule has 0 bridgehead atoms. The van der Waals surface area contributed by atoms with E-state index < -0.39 is 10.8 Å². The number of hydrogen-bond acceptors (Lipinski definition) is 5. The van der Waals surface area contributed by atoms with Crippen LogP contribution in [0.15, 0.2) is 66.7 Å². The smallest absolute Gasteiger partial charge is 0.270 e. The van der Waals surface area contributed by atoms with Crippen molar-refractivity contribution in [3.8, 4) is 5.69 Å². The lowest BCUT2D eigenvalue weighted by molar-refractivity contribution is -0.384. The summed E-state index contributed by atoms with van der Waals surface area (Å²) in [5, 5.41) is 22.7. The normalized spacial score (nSPS) is 10.9. The number of carbonyl (C=O) groups is 1. The first kappa shape index (κ1) is 20.2. The number of aryl methyl sites for hydroxylation is 1. The van der Waals surface area contributed by atoms with Crippen molar-refractivity contribution >= 4 is 28.3 Å². The van der Waals surface area contributed by atoms with E-state index in [2.05, 4.69) is 34.6 Å². The summed E-state index contributed by atoms with van der Waals surface area (Å²) in [7, 11) is 0. The van der Waals surface area contributed by atoms with Gasteiger partial charge < -0.3 is 5.32 Å². The summed E-state index contributed by atoms with van der Waals surface area (Å²) in [4.78, 5) is 24.4. The molecule has 0 aliphatic rings. The van der Waals surface area contributed by atoms with Gasteiger partial charge in [0.25, 0.3) is 11.6 Å². The Bertz CT molecular complexity index is 1250. The van der Waals surface area contributed by atoms with E-state index in [0.717, 1.165) is 24.9 Å². The molecule has 156 valence electrons. The molecule has 8 nitrogen and oxygen atoms in total. The molecule has 0 fully saturated rings. The molecule has 0 aliphatic heterocycles. The van der Waals surface area contributed by atoms with Crippen molar-refractivity contribution in [3.05, 3.63) is 88.0 Å². The lowest BCUT2D eigenvalue weighted by Gasteiger charge is -2.04. The maximum absolute atomic E-state index is 12.5. The average molecular weight is 415 g/mol. The van der Waals surface area contributed by atoms with E-state index in [4.69, 9.17) is 0 Å². The summed E-state index contributed by atoms with van der Waals surface area (Å²) >= 11 is 0. The number of aromatic nitrogens is 3. The zero-order valence-corrected chi connectivity index (χ0v) is 17.0. The molecule has 4 aromatic rings. The van der Waals surface area contributed by atoms with Gasteiger partial charge >= 0.3 is 0 Å². The molecule has 1 N–H and O–H groups in total. The number of anilines is 1. The van der Waals surface area contributed by atoms with E-state index in [1.165, 1.54) is 29.8 Å². The van der Waals surface area contributed by atoms with Crippen LogP contribution in [0.4, 0.5) is 11.4 Å². The fraction of sp³-hybridized carbons (Fsp3) is 0.174. The number of unbranched alkanes of at least 4 members (excludes halogenated alkanes) is 1. The number of nitrogens with one attached hydrogen (secondary N) is 1. The SMILES string of the molecule is CCCCc1ccc(-n2nc3ccc(NC(=O)c4cccc([N+](=O)[O-])c4)cc3n2)cc1. The fourth-order valence-electron chi connectivity index (χ4n) is 3.25. The Hall–Kier alpha value is -4.07. The first-order valence-corrected chi connectivity index (χ1v) is 10.1. The molecule has 1 amide bonds. The van der Waals surface area contributed by atoms with Gasteiger partial charge in [-0.25, -0.2) is 0 Å². The molecule has 0 atom stereocenters. The summed E-state index contributed by atoms with van der Waals surface area (Å²) < 4.78 is 0. The first-order chi connectivity index (χ1) is 15.0. The Morgan fingerprint density at radius 3 is 2.55 bits per heavy atom. The maximum Gasteiger partial charge on any atom is 0.270 e. The van der Waals surface area contributed by atoms with Crippen molar-refractivity contribution in [2.75, 3.05) is 5.32 Å². The molecule has 0 unspecified atom stereocenters. The molecular formula is C23H21N5O3. The topological polar surface area (TPSA) is 103 Å². The molecule has 0 radical (unpaired) electrons. The number of benzene rings is 3. The second-order valence-corrected chi connectivity index (χ2v) is 7.22.